The maximum atomic E-state index is 12.9. The fourth-order valence-corrected chi connectivity index (χ4v) is 4.25. The summed E-state index contributed by atoms with van der Waals surface area (Å²) in [6.07, 6.45) is 1.37. The summed E-state index contributed by atoms with van der Waals surface area (Å²) in [7, 11) is -0.684. The molecule has 0 aliphatic carbocycles. The number of aryl methyl sites for hydroxylation is 1. The van der Waals surface area contributed by atoms with E-state index in [1.165, 1.54) is 7.11 Å². The molecule has 0 bridgehead atoms. The van der Waals surface area contributed by atoms with Gasteiger partial charge in [-0.05, 0) is 36.1 Å². The molecular weight excluding hydrogens is 350 g/mol. The standard InChI is InChI=1S/C20H27NO4S/c1-5-16-12-13-18(24-3)19(14-16)26(22,23)21-15-20(6-2,25-4)17-10-8-7-9-11-17/h7-14,21H,5-6,15H2,1-4H3. The van der Waals surface area contributed by atoms with Gasteiger partial charge in [0.1, 0.15) is 16.2 Å². The van der Waals surface area contributed by atoms with Gasteiger partial charge >= 0.3 is 0 Å². The monoisotopic (exact) mass is 377 g/mol. The van der Waals surface area contributed by atoms with E-state index >= 15 is 0 Å². The molecule has 0 aliphatic heterocycles. The Bertz CT molecular complexity index is 815. The van der Waals surface area contributed by atoms with Crippen LogP contribution < -0.4 is 9.46 Å². The highest BCUT2D eigenvalue weighted by Gasteiger charge is 2.32. The van der Waals surface area contributed by atoms with Crippen LogP contribution in [-0.2, 0) is 26.8 Å². The molecule has 6 heteroatoms. The Kier molecular flexibility index (Phi) is 6.81. The molecule has 0 saturated heterocycles. The van der Waals surface area contributed by atoms with E-state index in [4.69, 9.17) is 9.47 Å². The number of sulfonamides is 1. The number of hydrogen-bond donors (Lipinski definition) is 1. The molecule has 0 radical (unpaired) electrons. The van der Waals surface area contributed by atoms with E-state index in [9.17, 15) is 8.42 Å². The highest BCUT2D eigenvalue weighted by atomic mass is 32.2. The highest BCUT2D eigenvalue weighted by molar-refractivity contribution is 7.89. The molecular formula is C20H27NO4S. The number of nitrogens with one attached hydrogen (secondary N) is 1. The summed E-state index contributed by atoms with van der Waals surface area (Å²) in [6.45, 7) is 4.09. The van der Waals surface area contributed by atoms with Crippen molar-refractivity contribution in [3.8, 4) is 5.75 Å². The van der Waals surface area contributed by atoms with Gasteiger partial charge in [-0.25, -0.2) is 13.1 Å². The molecule has 0 amide bonds. The van der Waals surface area contributed by atoms with Crippen LogP contribution in [0.4, 0.5) is 0 Å². The van der Waals surface area contributed by atoms with Crippen molar-refractivity contribution in [2.45, 2.75) is 37.2 Å². The van der Waals surface area contributed by atoms with Gasteiger partial charge in [-0.15, -0.1) is 0 Å². The zero-order valence-electron chi connectivity index (χ0n) is 15.8. The van der Waals surface area contributed by atoms with Crippen LogP contribution in [0.15, 0.2) is 53.4 Å². The molecule has 2 rings (SSSR count). The van der Waals surface area contributed by atoms with Gasteiger partial charge < -0.3 is 9.47 Å². The number of hydrogen-bond acceptors (Lipinski definition) is 4. The van der Waals surface area contributed by atoms with E-state index in [-0.39, 0.29) is 11.4 Å². The number of rotatable bonds is 9. The molecule has 1 atom stereocenters. The van der Waals surface area contributed by atoms with Crippen LogP contribution in [0, 0.1) is 0 Å². The van der Waals surface area contributed by atoms with Crippen LogP contribution in [0.3, 0.4) is 0 Å². The molecule has 2 aromatic rings. The fourth-order valence-electron chi connectivity index (χ4n) is 2.95. The lowest BCUT2D eigenvalue weighted by molar-refractivity contribution is -0.0133. The Morgan fingerprint density at radius 1 is 1.04 bits per heavy atom. The van der Waals surface area contributed by atoms with E-state index < -0.39 is 15.6 Å². The second-order valence-corrected chi connectivity index (χ2v) is 7.82. The summed E-state index contributed by atoms with van der Waals surface area (Å²) in [5, 5.41) is 0. The van der Waals surface area contributed by atoms with Gasteiger partial charge in [0.05, 0.1) is 7.11 Å². The summed E-state index contributed by atoms with van der Waals surface area (Å²) in [4.78, 5) is 0.147. The molecule has 0 saturated carbocycles. The number of methoxy groups -OCH3 is 2. The fraction of sp³-hybridized carbons (Fsp3) is 0.400. The van der Waals surface area contributed by atoms with Gasteiger partial charge in [-0.3, -0.25) is 0 Å². The summed E-state index contributed by atoms with van der Waals surface area (Å²) >= 11 is 0. The summed E-state index contributed by atoms with van der Waals surface area (Å²) in [5.41, 5.74) is 1.13. The van der Waals surface area contributed by atoms with E-state index in [0.29, 0.717) is 12.2 Å². The quantitative estimate of drug-likeness (QED) is 0.727. The first-order chi connectivity index (χ1) is 12.4. The predicted molar refractivity (Wildman–Crippen MR) is 103 cm³/mol. The SMILES string of the molecule is CCc1ccc(OC)c(S(=O)(=O)NCC(CC)(OC)c2ccccc2)c1. The van der Waals surface area contributed by atoms with E-state index in [2.05, 4.69) is 4.72 Å². The molecule has 26 heavy (non-hydrogen) atoms. The van der Waals surface area contributed by atoms with Crippen LogP contribution >= 0.6 is 0 Å². The molecule has 1 N–H and O–H groups in total. The summed E-state index contributed by atoms with van der Waals surface area (Å²) < 4.78 is 39.6. The van der Waals surface area contributed by atoms with Crippen molar-refractivity contribution in [2.75, 3.05) is 20.8 Å². The zero-order valence-corrected chi connectivity index (χ0v) is 16.6. The minimum absolute atomic E-state index is 0.131. The molecule has 0 heterocycles. The first-order valence-corrected chi connectivity index (χ1v) is 10.2. The third kappa shape index (κ3) is 4.26. The second kappa shape index (κ2) is 8.66. The average Bonchev–Trinajstić information content (AvgIpc) is 2.69. The van der Waals surface area contributed by atoms with Crippen LogP contribution in [0.2, 0.25) is 0 Å². The number of ether oxygens (including phenoxy) is 2. The third-order valence-electron chi connectivity index (χ3n) is 4.74. The minimum Gasteiger partial charge on any atom is -0.495 e. The average molecular weight is 378 g/mol. The lowest BCUT2D eigenvalue weighted by atomic mass is 9.91. The van der Waals surface area contributed by atoms with Crippen molar-refractivity contribution in [1.29, 1.82) is 0 Å². The molecule has 1 unspecified atom stereocenters. The Morgan fingerprint density at radius 2 is 1.73 bits per heavy atom. The molecule has 0 spiro atoms. The van der Waals surface area contributed by atoms with Crippen LogP contribution in [0.1, 0.15) is 31.4 Å². The van der Waals surface area contributed by atoms with Gasteiger partial charge in [0, 0.05) is 13.7 Å². The maximum Gasteiger partial charge on any atom is 0.244 e. The van der Waals surface area contributed by atoms with Gasteiger partial charge in [0.15, 0.2) is 0 Å². The Hall–Kier alpha value is -1.89. The van der Waals surface area contributed by atoms with Gasteiger partial charge in [0.25, 0.3) is 0 Å². The molecule has 0 fully saturated rings. The first-order valence-electron chi connectivity index (χ1n) is 8.69. The van der Waals surface area contributed by atoms with Crippen molar-refractivity contribution < 1.29 is 17.9 Å². The third-order valence-corrected chi connectivity index (χ3v) is 6.16. The number of benzene rings is 2. The lowest BCUT2D eigenvalue weighted by Crippen LogP contribution is -2.42. The Morgan fingerprint density at radius 3 is 2.27 bits per heavy atom. The molecule has 142 valence electrons. The smallest absolute Gasteiger partial charge is 0.244 e. The van der Waals surface area contributed by atoms with Gasteiger partial charge in [-0.2, -0.15) is 0 Å². The van der Waals surface area contributed by atoms with E-state index in [0.717, 1.165) is 17.5 Å². The Balaban J connectivity index is 2.34. The van der Waals surface area contributed by atoms with Crippen LogP contribution in [0.25, 0.3) is 0 Å². The summed E-state index contributed by atoms with van der Waals surface area (Å²) in [5.74, 6) is 0.328. The molecule has 0 aromatic heterocycles. The molecule has 0 aliphatic rings. The van der Waals surface area contributed by atoms with E-state index in [1.54, 1.807) is 19.2 Å². The van der Waals surface area contributed by atoms with Crippen molar-refractivity contribution in [2.24, 2.45) is 0 Å². The topological polar surface area (TPSA) is 64.6 Å². The first kappa shape index (κ1) is 20.4. The second-order valence-electron chi connectivity index (χ2n) is 6.08. The highest BCUT2D eigenvalue weighted by Crippen LogP contribution is 2.30. The van der Waals surface area contributed by atoms with E-state index in [1.807, 2.05) is 50.2 Å². The minimum atomic E-state index is -3.75. The maximum absolute atomic E-state index is 12.9. The van der Waals surface area contributed by atoms with Crippen LogP contribution in [0.5, 0.6) is 5.75 Å². The van der Waals surface area contributed by atoms with Gasteiger partial charge in [-0.1, -0.05) is 50.2 Å². The molecule has 5 nitrogen and oxygen atoms in total. The van der Waals surface area contributed by atoms with Gasteiger partial charge in [0.2, 0.25) is 10.0 Å². The van der Waals surface area contributed by atoms with Crippen molar-refractivity contribution in [3.63, 3.8) is 0 Å². The lowest BCUT2D eigenvalue weighted by Gasteiger charge is -2.32. The normalized spacial score (nSPS) is 14.0. The summed E-state index contributed by atoms with van der Waals surface area (Å²) in [6, 6.07) is 14.9. The van der Waals surface area contributed by atoms with Crippen molar-refractivity contribution >= 4 is 10.0 Å². The zero-order chi connectivity index (χ0) is 19.2. The largest absolute Gasteiger partial charge is 0.495 e. The van der Waals surface area contributed by atoms with Crippen molar-refractivity contribution in [3.05, 3.63) is 59.7 Å². The van der Waals surface area contributed by atoms with Crippen LogP contribution in [-0.4, -0.2) is 29.2 Å². The Labute approximate surface area is 156 Å². The predicted octanol–water partition coefficient (Wildman–Crippen LogP) is 3.49. The van der Waals surface area contributed by atoms with Crippen molar-refractivity contribution in [1.82, 2.24) is 4.72 Å². The molecule has 2 aromatic carbocycles.